The summed E-state index contributed by atoms with van der Waals surface area (Å²) in [4.78, 5) is 15.0. The third kappa shape index (κ3) is 5.26. The Morgan fingerprint density at radius 3 is 1.55 bits per heavy atom. The van der Waals surface area contributed by atoms with Gasteiger partial charge in [0, 0.05) is 21.9 Å². The first-order valence-electron chi connectivity index (χ1n) is 18.1. The van der Waals surface area contributed by atoms with Crippen LogP contribution < -0.4 is 0 Å². The molecule has 0 bridgehead atoms. The van der Waals surface area contributed by atoms with Crippen LogP contribution in [0, 0.1) is 0 Å². The topological polar surface area (TPSA) is 43.6 Å². The molecule has 0 saturated carbocycles. The largest absolute Gasteiger partial charge is 0.278 e. The third-order valence-corrected chi connectivity index (χ3v) is 8.83. The molecule has 0 aliphatic rings. The van der Waals surface area contributed by atoms with Gasteiger partial charge in [-0.25, -0.2) is 4.98 Å². The fraction of sp³-hybridized carbons (Fsp3) is 0. The molecule has 0 aliphatic heterocycles. The number of rotatable bonds is 6. The molecule has 4 nitrogen and oxygen atoms in total. The van der Waals surface area contributed by atoms with Gasteiger partial charge >= 0.3 is 0 Å². The second-order valence-corrected chi connectivity index (χ2v) is 11.8. The Labute approximate surface area is 290 Å². The minimum atomic E-state index is -0.324. The maximum atomic E-state index is 9.17. The molecule has 0 N–H and O–H groups in total. The molecule has 0 aliphatic carbocycles. The van der Waals surface area contributed by atoms with Crippen molar-refractivity contribution in [2.24, 2.45) is 0 Å². The van der Waals surface area contributed by atoms with Crippen molar-refractivity contribution in [3.63, 3.8) is 0 Å². The first-order valence-corrected chi connectivity index (χ1v) is 16.1. The van der Waals surface area contributed by atoms with E-state index < -0.39 is 0 Å². The van der Waals surface area contributed by atoms with Gasteiger partial charge in [-0.2, -0.15) is 9.97 Å². The minimum absolute atomic E-state index is 0.115. The van der Waals surface area contributed by atoms with Crippen LogP contribution in [-0.2, 0) is 0 Å². The highest BCUT2D eigenvalue weighted by Gasteiger charge is 2.19. The zero-order valence-electron chi connectivity index (χ0n) is 30.3. The zero-order valence-corrected chi connectivity index (χ0v) is 26.3. The molecule has 9 rings (SSSR count). The number of aromatic nitrogens is 4. The Bertz CT molecular complexity index is 2800. The van der Waals surface area contributed by atoms with Crippen LogP contribution in [0.15, 0.2) is 182 Å². The Kier molecular flexibility index (Phi) is 6.09. The van der Waals surface area contributed by atoms with E-state index in [-0.39, 0.29) is 30.1 Å². The highest BCUT2D eigenvalue weighted by Crippen LogP contribution is 2.38. The lowest BCUT2D eigenvalue weighted by Gasteiger charge is -2.13. The van der Waals surface area contributed by atoms with Gasteiger partial charge < -0.3 is 0 Å². The van der Waals surface area contributed by atoms with E-state index in [0.29, 0.717) is 33.5 Å². The fourth-order valence-corrected chi connectivity index (χ4v) is 6.45. The molecule has 2 aromatic heterocycles. The van der Waals surface area contributed by atoms with Crippen molar-refractivity contribution in [3.8, 4) is 62.1 Å². The first kappa shape index (κ1) is 24.5. The summed E-state index contributed by atoms with van der Waals surface area (Å²) in [6.07, 6.45) is 0. The molecule has 0 saturated heterocycles. The van der Waals surface area contributed by atoms with Gasteiger partial charge in [0.1, 0.15) is 0 Å². The van der Waals surface area contributed by atoms with Crippen molar-refractivity contribution in [1.82, 2.24) is 19.5 Å². The minimum Gasteiger partial charge on any atom is -0.278 e. The van der Waals surface area contributed by atoms with E-state index >= 15 is 0 Å². The molecular weight excluding hydrogens is 597 g/mol. The van der Waals surface area contributed by atoms with Gasteiger partial charge in [0.05, 0.1) is 16.5 Å². The van der Waals surface area contributed by atoms with E-state index in [2.05, 4.69) is 36.4 Å². The van der Waals surface area contributed by atoms with Crippen LogP contribution >= 0.6 is 0 Å². The summed E-state index contributed by atoms with van der Waals surface area (Å²) in [6.45, 7) is 0. The van der Waals surface area contributed by atoms with Gasteiger partial charge in [0.2, 0.25) is 5.95 Å². The summed E-state index contributed by atoms with van der Waals surface area (Å²) in [5.41, 5.74) is 8.77. The summed E-state index contributed by atoms with van der Waals surface area (Å²) in [5.74, 6) is 1.13. The van der Waals surface area contributed by atoms with Gasteiger partial charge in [-0.05, 0) is 45.5 Å². The van der Waals surface area contributed by atoms with Crippen LogP contribution in [0.1, 0.15) is 5.48 Å². The molecule has 230 valence electrons. The highest BCUT2D eigenvalue weighted by atomic mass is 15.2. The second-order valence-electron chi connectivity index (χ2n) is 11.8. The summed E-state index contributed by atoms with van der Waals surface area (Å²) >= 11 is 0. The molecule has 49 heavy (non-hydrogen) atoms. The molecule has 0 amide bonds. The van der Waals surface area contributed by atoms with Gasteiger partial charge in [0.15, 0.2) is 11.6 Å². The van der Waals surface area contributed by atoms with Crippen molar-refractivity contribution in [2.75, 3.05) is 0 Å². The molecule has 0 fully saturated rings. The van der Waals surface area contributed by atoms with Crippen molar-refractivity contribution in [1.29, 1.82) is 0 Å². The van der Waals surface area contributed by atoms with Crippen molar-refractivity contribution < 1.29 is 5.48 Å². The summed E-state index contributed by atoms with van der Waals surface area (Å²) in [6, 6.07) is 51.4. The molecule has 9 aromatic rings. The molecule has 0 unspecified atom stereocenters. The zero-order chi connectivity index (χ0) is 36.1. The predicted octanol–water partition coefficient (Wildman–Crippen LogP) is 11.3. The average Bonchev–Trinajstić information content (AvgIpc) is 3.58. The quantitative estimate of drug-likeness (QED) is 0.184. The van der Waals surface area contributed by atoms with Crippen molar-refractivity contribution in [2.45, 2.75) is 0 Å². The van der Waals surface area contributed by atoms with E-state index in [9.17, 15) is 1.37 Å². The van der Waals surface area contributed by atoms with Gasteiger partial charge in [-0.1, -0.05) is 170 Å². The number of nitrogens with zero attached hydrogens (tertiary/aromatic N) is 4. The lowest BCUT2D eigenvalue weighted by molar-refractivity contribution is 0.953. The van der Waals surface area contributed by atoms with E-state index in [4.69, 9.17) is 19.1 Å². The Hall–Kier alpha value is -6.65. The maximum Gasteiger partial charge on any atom is 0.238 e. The van der Waals surface area contributed by atoms with Crippen LogP contribution in [0.3, 0.4) is 0 Å². The summed E-state index contributed by atoms with van der Waals surface area (Å²) in [5, 5.41) is 1.08. The van der Waals surface area contributed by atoms with E-state index in [1.165, 1.54) is 0 Å². The normalized spacial score (nSPS) is 12.4. The molecule has 0 radical (unpaired) electrons. The van der Waals surface area contributed by atoms with Gasteiger partial charge in [0.25, 0.3) is 0 Å². The molecule has 2 heterocycles. The molecule has 0 atom stereocenters. The second kappa shape index (κ2) is 12.2. The fourth-order valence-electron chi connectivity index (χ4n) is 6.45. The van der Waals surface area contributed by atoms with Crippen molar-refractivity contribution >= 4 is 21.8 Å². The average molecular weight is 631 g/mol. The molecule has 4 heteroatoms. The molecule has 0 spiro atoms. The first-order chi connectivity index (χ1) is 26.0. The highest BCUT2D eigenvalue weighted by molar-refractivity contribution is 6.10. The van der Waals surface area contributed by atoms with Crippen molar-refractivity contribution in [3.05, 3.63) is 182 Å². The van der Waals surface area contributed by atoms with Gasteiger partial charge in [-0.15, -0.1) is 0 Å². The van der Waals surface area contributed by atoms with E-state index in [1.54, 1.807) is 4.57 Å². The Balaban J connectivity index is 1.33. The number of para-hydroxylation sites is 1. The molecular formula is C45H30N4. The standard InChI is InChI=1S/C45H30N4/c1-4-14-31(15-5-1)32-24-26-35(27-25-32)44-46-43(34-18-8-3-9-19-34)47-45(48-44)49-41-23-13-12-22-39(41)40-29-28-36(30-42(40)49)38-21-11-10-20-37(38)33-16-6-2-7-17-33/h1-30H/i12D,13D,22D,23D. The summed E-state index contributed by atoms with van der Waals surface area (Å²) < 4.78 is 37.2. The smallest absolute Gasteiger partial charge is 0.238 e. The van der Waals surface area contributed by atoms with Crippen LogP contribution in [0.25, 0.3) is 83.9 Å². The lowest BCUT2D eigenvalue weighted by Crippen LogP contribution is -2.06. The van der Waals surface area contributed by atoms with Crippen LogP contribution in [0.4, 0.5) is 0 Å². The predicted molar refractivity (Wildman–Crippen MR) is 201 cm³/mol. The SMILES string of the molecule is [2H]c1c([2H])c([2H])c2c(c1[2H])c1ccc(-c3ccccc3-c3ccccc3)cc1n2-c1nc(-c2ccccc2)nc(-c2ccc(-c3ccccc3)cc2)n1. The Morgan fingerprint density at radius 2 is 0.878 bits per heavy atom. The number of fused-ring (bicyclic) bond motifs is 3. The Morgan fingerprint density at radius 1 is 0.388 bits per heavy atom. The van der Waals surface area contributed by atoms with Crippen LogP contribution in [-0.4, -0.2) is 19.5 Å². The lowest BCUT2D eigenvalue weighted by atomic mass is 9.94. The third-order valence-electron chi connectivity index (χ3n) is 8.83. The number of benzene rings is 7. The van der Waals surface area contributed by atoms with E-state index in [0.717, 1.165) is 44.5 Å². The van der Waals surface area contributed by atoms with Gasteiger partial charge in [-0.3, -0.25) is 4.57 Å². The number of hydrogen-bond acceptors (Lipinski definition) is 3. The van der Waals surface area contributed by atoms with Crippen LogP contribution in [0.2, 0.25) is 0 Å². The summed E-state index contributed by atoms with van der Waals surface area (Å²) in [7, 11) is 0. The van der Waals surface area contributed by atoms with Crippen LogP contribution in [0.5, 0.6) is 0 Å². The van der Waals surface area contributed by atoms with E-state index in [1.807, 2.05) is 121 Å². The molecule has 7 aromatic carbocycles. The monoisotopic (exact) mass is 630 g/mol. The maximum absolute atomic E-state index is 9.17. The number of hydrogen-bond donors (Lipinski definition) is 0.